The molecule has 1 unspecified atom stereocenters. The third kappa shape index (κ3) is 3.65. The van der Waals surface area contributed by atoms with Gasteiger partial charge in [0.25, 0.3) is 0 Å². The maximum Gasteiger partial charge on any atom is 0.240 e. The summed E-state index contributed by atoms with van der Waals surface area (Å²) >= 11 is 0. The summed E-state index contributed by atoms with van der Waals surface area (Å²) in [5, 5.41) is 10.9. The van der Waals surface area contributed by atoms with Crippen molar-refractivity contribution in [3.63, 3.8) is 0 Å². The summed E-state index contributed by atoms with van der Waals surface area (Å²) in [6, 6.07) is 4.21. The van der Waals surface area contributed by atoms with E-state index in [-0.39, 0.29) is 0 Å². The van der Waals surface area contributed by atoms with Crippen molar-refractivity contribution >= 4 is 0 Å². The van der Waals surface area contributed by atoms with Crippen molar-refractivity contribution in [1.29, 1.82) is 0 Å². The Hall–Kier alpha value is -1.79. The first-order valence-electron chi connectivity index (χ1n) is 7.50. The molecule has 0 aliphatic carbocycles. The summed E-state index contributed by atoms with van der Waals surface area (Å²) in [6.45, 7) is 5.08. The van der Waals surface area contributed by atoms with Crippen LogP contribution in [-0.4, -0.2) is 34.3 Å². The van der Waals surface area contributed by atoms with Gasteiger partial charge in [-0.25, -0.2) is 0 Å². The third-order valence-corrected chi connectivity index (χ3v) is 4.07. The highest BCUT2D eigenvalue weighted by atomic mass is 16.5. The Labute approximate surface area is 124 Å². The zero-order valence-corrected chi connectivity index (χ0v) is 12.2. The molecule has 0 amide bonds. The van der Waals surface area contributed by atoms with Crippen LogP contribution in [-0.2, 0) is 6.54 Å². The molecule has 1 atom stereocenters. The fourth-order valence-electron chi connectivity index (χ4n) is 2.70. The predicted molar refractivity (Wildman–Crippen MR) is 79.4 cm³/mol. The first-order chi connectivity index (χ1) is 10.3. The van der Waals surface area contributed by atoms with Crippen LogP contribution in [0.1, 0.15) is 25.7 Å². The number of hydrogen-bond acceptors (Lipinski definition) is 6. The highest BCUT2D eigenvalue weighted by Gasteiger charge is 2.20. The molecule has 1 aliphatic heterocycles. The van der Waals surface area contributed by atoms with E-state index < -0.39 is 0 Å². The van der Waals surface area contributed by atoms with Crippen LogP contribution in [0.15, 0.2) is 29.0 Å². The molecule has 2 aromatic heterocycles. The molecule has 0 radical (unpaired) electrons. The molecule has 21 heavy (non-hydrogen) atoms. The van der Waals surface area contributed by atoms with E-state index in [1.54, 1.807) is 12.4 Å². The monoisotopic (exact) mass is 287 g/mol. The van der Waals surface area contributed by atoms with Gasteiger partial charge in [0.2, 0.25) is 11.7 Å². The minimum Gasteiger partial charge on any atom is -0.338 e. The summed E-state index contributed by atoms with van der Waals surface area (Å²) in [5.41, 5.74) is 0.923. The fraction of sp³-hybridized carbons (Fsp3) is 0.533. The lowest BCUT2D eigenvalue weighted by atomic mass is 9.91. The maximum absolute atomic E-state index is 5.30. The number of piperidine rings is 1. The number of nitrogens with zero attached hydrogens (tertiary/aromatic N) is 3. The normalized spacial score (nSPS) is 17.8. The van der Waals surface area contributed by atoms with E-state index in [4.69, 9.17) is 4.52 Å². The molecule has 0 saturated carbocycles. The van der Waals surface area contributed by atoms with Crippen LogP contribution >= 0.6 is 0 Å². The molecule has 2 aromatic rings. The fourth-order valence-corrected chi connectivity index (χ4v) is 2.70. The van der Waals surface area contributed by atoms with Gasteiger partial charge >= 0.3 is 0 Å². The summed E-state index contributed by atoms with van der Waals surface area (Å²) in [7, 11) is 0. The van der Waals surface area contributed by atoms with E-state index in [2.05, 4.69) is 32.7 Å². The van der Waals surface area contributed by atoms with Crippen molar-refractivity contribution in [2.24, 2.45) is 5.92 Å². The van der Waals surface area contributed by atoms with Gasteiger partial charge in [0.1, 0.15) is 0 Å². The quantitative estimate of drug-likeness (QED) is 0.870. The number of nitrogens with one attached hydrogen (secondary N) is 2. The van der Waals surface area contributed by atoms with Crippen LogP contribution in [0.3, 0.4) is 0 Å². The molecule has 1 saturated heterocycles. The van der Waals surface area contributed by atoms with Gasteiger partial charge < -0.3 is 15.2 Å². The Kier molecular flexibility index (Phi) is 4.57. The van der Waals surface area contributed by atoms with Crippen LogP contribution in [0.4, 0.5) is 0 Å². The van der Waals surface area contributed by atoms with E-state index in [1.165, 1.54) is 12.8 Å². The topological polar surface area (TPSA) is 75.9 Å². The van der Waals surface area contributed by atoms with Gasteiger partial charge in [-0.15, -0.1) is 0 Å². The van der Waals surface area contributed by atoms with E-state index in [1.807, 2.05) is 12.1 Å². The van der Waals surface area contributed by atoms with Gasteiger partial charge in [-0.05, 0) is 50.9 Å². The molecular weight excluding hydrogens is 266 g/mol. The minimum atomic E-state index is 0.461. The average molecular weight is 287 g/mol. The second kappa shape index (κ2) is 6.78. The van der Waals surface area contributed by atoms with Gasteiger partial charge in [-0.3, -0.25) is 4.98 Å². The molecular formula is C15H21N5O. The van der Waals surface area contributed by atoms with Gasteiger partial charge in [0, 0.05) is 24.0 Å². The molecule has 0 spiro atoms. The number of aromatic nitrogens is 3. The second-order valence-corrected chi connectivity index (χ2v) is 5.50. The SMILES string of the molecule is CC(NCc1nc(-c2ccncc2)no1)C1CCNCC1. The predicted octanol–water partition coefficient (Wildman–Crippen LogP) is 1.61. The van der Waals surface area contributed by atoms with Crippen molar-refractivity contribution in [2.75, 3.05) is 13.1 Å². The number of hydrogen-bond donors (Lipinski definition) is 2. The molecule has 1 fully saturated rings. The first-order valence-corrected chi connectivity index (χ1v) is 7.50. The van der Waals surface area contributed by atoms with Crippen molar-refractivity contribution in [2.45, 2.75) is 32.4 Å². The maximum atomic E-state index is 5.30. The van der Waals surface area contributed by atoms with Crippen LogP contribution in [0, 0.1) is 5.92 Å². The van der Waals surface area contributed by atoms with Gasteiger partial charge in [-0.1, -0.05) is 5.16 Å². The Morgan fingerprint density at radius 1 is 1.33 bits per heavy atom. The Balaban J connectivity index is 1.55. The van der Waals surface area contributed by atoms with Crippen molar-refractivity contribution in [3.05, 3.63) is 30.4 Å². The highest BCUT2D eigenvalue weighted by Crippen LogP contribution is 2.17. The van der Waals surface area contributed by atoms with Gasteiger partial charge in [0.15, 0.2) is 0 Å². The van der Waals surface area contributed by atoms with Crippen LogP contribution in [0.5, 0.6) is 0 Å². The minimum absolute atomic E-state index is 0.461. The van der Waals surface area contributed by atoms with Gasteiger partial charge in [-0.2, -0.15) is 4.98 Å². The van der Waals surface area contributed by atoms with E-state index >= 15 is 0 Å². The Morgan fingerprint density at radius 2 is 2.10 bits per heavy atom. The average Bonchev–Trinajstić information content (AvgIpc) is 3.03. The van der Waals surface area contributed by atoms with Crippen LogP contribution in [0.25, 0.3) is 11.4 Å². The van der Waals surface area contributed by atoms with Crippen LogP contribution < -0.4 is 10.6 Å². The number of pyridine rings is 1. The summed E-state index contributed by atoms with van der Waals surface area (Å²) in [5.74, 6) is 1.96. The van der Waals surface area contributed by atoms with Crippen molar-refractivity contribution in [3.8, 4) is 11.4 Å². The molecule has 2 N–H and O–H groups in total. The third-order valence-electron chi connectivity index (χ3n) is 4.07. The Morgan fingerprint density at radius 3 is 2.86 bits per heavy atom. The van der Waals surface area contributed by atoms with E-state index in [0.717, 1.165) is 18.7 Å². The molecule has 6 nitrogen and oxygen atoms in total. The first kappa shape index (κ1) is 14.2. The molecule has 3 heterocycles. The molecule has 112 valence electrons. The number of rotatable bonds is 5. The second-order valence-electron chi connectivity index (χ2n) is 5.50. The lowest BCUT2D eigenvalue weighted by molar-refractivity contribution is 0.278. The van der Waals surface area contributed by atoms with Crippen molar-refractivity contribution in [1.82, 2.24) is 25.8 Å². The van der Waals surface area contributed by atoms with E-state index in [0.29, 0.717) is 30.2 Å². The molecule has 3 rings (SSSR count). The van der Waals surface area contributed by atoms with E-state index in [9.17, 15) is 0 Å². The lowest BCUT2D eigenvalue weighted by Crippen LogP contribution is -2.39. The smallest absolute Gasteiger partial charge is 0.240 e. The molecule has 0 aromatic carbocycles. The summed E-state index contributed by atoms with van der Waals surface area (Å²) < 4.78 is 5.30. The van der Waals surface area contributed by atoms with Crippen LogP contribution in [0.2, 0.25) is 0 Å². The van der Waals surface area contributed by atoms with Crippen molar-refractivity contribution < 1.29 is 4.52 Å². The largest absolute Gasteiger partial charge is 0.338 e. The highest BCUT2D eigenvalue weighted by molar-refractivity contribution is 5.52. The van der Waals surface area contributed by atoms with Gasteiger partial charge in [0.05, 0.1) is 6.54 Å². The summed E-state index contributed by atoms with van der Waals surface area (Å²) in [4.78, 5) is 8.40. The molecule has 6 heteroatoms. The zero-order chi connectivity index (χ0) is 14.5. The lowest BCUT2D eigenvalue weighted by Gasteiger charge is -2.28. The summed E-state index contributed by atoms with van der Waals surface area (Å²) in [6.07, 6.45) is 5.89. The molecule has 0 bridgehead atoms. The Bertz CT molecular complexity index is 550. The zero-order valence-electron chi connectivity index (χ0n) is 12.2. The molecule has 1 aliphatic rings. The standard InChI is InChI=1S/C15H21N5O/c1-11(12-2-6-16-7-3-12)18-10-14-19-15(20-21-14)13-4-8-17-9-5-13/h4-5,8-9,11-12,16,18H,2-3,6-7,10H2,1H3.